The first-order chi connectivity index (χ1) is 15.0. The van der Waals surface area contributed by atoms with Crippen LogP contribution in [0.2, 0.25) is 5.02 Å². The number of imide groups is 1. The van der Waals surface area contributed by atoms with Gasteiger partial charge >= 0.3 is 0 Å². The monoisotopic (exact) mass is 438 g/mol. The molecule has 2 aliphatic heterocycles. The molecule has 3 aromatic rings. The van der Waals surface area contributed by atoms with Crippen LogP contribution >= 0.6 is 11.6 Å². The van der Waals surface area contributed by atoms with Crippen molar-refractivity contribution in [3.8, 4) is 17.1 Å². The van der Waals surface area contributed by atoms with Crippen LogP contribution in [0.1, 0.15) is 5.89 Å². The quantitative estimate of drug-likeness (QED) is 0.562. The van der Waals surface area contributed by atoms with Crippen molar-refractivity contribution in [3.63, 3.8) is 0 Å². The minimum atomic E-state index is -0.922. The summed E-state index contributed by atoms with van der Waals surface area (Å²) in [5, 5.41) is 13.9. The van der Waals surface area contributed by atoms with Gasteiger partial charge in [-0.3, -0.25) is 14.6 Å². The van der Waals surface area contributed by atoms with Crippen LogP contribution in [0.3, 0.4) is 0 Å². The number of aromatic nitrogens is 2. The maximum absolute atomic E-state index is 13.1. The maximum atomic E-state index is 13.1. The van der Waals surface area contributed by atoms with Crippen molar-refractivity contribution in [2.75, 3.05) is 12.0 Å². The predicted molar refractivity (Wildman–Crippen MR) is 108 cm³/mol. The number of halogens is 1. The number of benzene rings is 2. The summed E-state index contributed by atoms with van der Waals surface area (Å²) in [4.78, 5) is 31.4. The van der Waals surface area contributed by atoms with E-state index in [0.717, 1.165) is 4.90 Å². The van der Waals surface area contributed by atoms with E-state index in [1.165, 1.54) is 12.1 Å². The van der Waals surface area contributed by atoms with Gasteiger partial charge < -0.3 is 9.26 Å². The van der Waals surface area contributed by atoms with E-state index in [1.54, 1.807) is 48.5 Å². The number of hydrogen-bond acceptors (Lipinski definition) is 9. The van der Waals surface area contributed by atoms with Crippen molar-refractivity contribution in [1.82, 2.24) is 15.1 Å². The van der Waals surface area contributed by atoms with E-state index in [2.05, 4.69) is 20.5 Å². The molecule has 0 saturated carbocycles. The fraction of sp³-hybridized carbons (Fsp3) is 0.200. The summed E-state index contributed by atoms with van der Waals surface area (Å²) in [7, 11) is 1.51. The number of carbonyl (C=O) groups excluding carboxylic acids is 2. The molecular formula is C20H15ClN6O4. The Labute approximate surface area is 181 Å². The Morgan fingerprint density at radius 2 is 1.97 bits per heavy atom. The largest absolute Gasteiger partial charge is 0.497 e. The number of amides is 2. The summed E-state index contributed by atoms with van der Waals surface area (Å²) in [5.74, 6) is 0.252. The zero-order chi connectivity index (χ0) is 21.5. The molecule has 1 saturated heterocycles. The molecule has 10 nitrogen and oxygen atoms in total. The second-order valence-corrected chi connectivity index (χ2v) is 7.36. The van der Waals surface area contributed by atoms with E-state index in [1.807, 2.05) is 0 Å². The van der Waals surface area contributed by atoms with Crippen molar-refractivity contribution < 1.29 is 18.8 Å². The molecule has 0 N–H and O–H groups in total. The summed E-state index contributed by atoms with van der Waals surface area (Å²) in [6.07, 6.45) is 0. The van der Waals surface area contributed by atoms with Crippen LogP contribution in [-0.4, -0.2) is 46.2 Å². The van der Waals surface area contributed by atoms with Crippen LogP contribution in [0.25, 0.3) is 11.4 Å². The van der Waals surface area contributed by atoms with E-state index >= 15 is 0 Å². The molecule has 2 aliphatic rings. The first-order valence-corrected chi connectivity index (χ1v) is 9.71. The van der Waals surface area contributed by atoms with Crippen molar-refractivity contribution in [3.05, 3.63) is 59.4 Å². The SMILES string of the molecule is COc1cccc(N2C(=O)C3N=NN(Cc4nc(-c5cccc(Cl)c5)no4)C3C2=O)c1. The Morgan fingerprint density at radius 3 is 2.77 bits per heavy atom. The molecule has 11 heteroatoms. The highest BCUT2D eigenvalue weighted by Gasteiger charge is 2.55. The minimum absolute atomic E-state index is 0.0310. The third-order valence-electron chi connectivity index (χ3n) is 5.02. The number of methoxy groups -OCH3 is 1. The molecule has 3 heterocycles. The first-order valence-electron chi connectivity index (χ1n) is 9.33. The lowest BCUT2D eigenvalue weighted by Crippen LogP contribution is -2.39. The summed E-state index contributed by atoms with van der Waals surface area (Å²) in [6, 6.07) is 12.0. The van der Waals surface area contributed by atoms with Gasteiger partial charge in [-0.15, -0.1) is 0 Å². The van der Waals surface area contributed by atoms with Gasteiger partial charge in [0.1, 0.15) is 12.3 Å². The molecule has 156 valence electrons. The number of rotatable bonds is 5. The molecule has 2 unspecified atom stereocenters. The number of carbonyl (C=O) groups is 2. The average molecular weight is 439 g/mol. The number of nitrogens with zero attached hydrogens (tertiary/aromatic N) is 6. The van der Waals surface area contributed by atoms with Crippen LogP contribution in [-0.2, 0) is 16.1 Å². The molecule has 0 spiro atoms. The van der Waals surface area contributed by atoms with Crippen molar-refractivity contribution in [1.29, 1.82) is 0 Å². The van der Waals surface area contributed by atoms with E-state index in [9.17, 15) is 9.59 Å². The summed E-state index contributed by atoms with van der Waals surface area (Å²) in [5.41, 5.74) is 1.11. The first kappa shape index (κ1) is 19.2. The van der Waals surface area contributed by atoms with E-state index in [4.69, 9.17) is 20.9 Å². The highest BCUT2D eigenvalue weighted by Crippen LogP contribution is 2.34. The average Bonchev–Trinajstić information content (AvgIpc) is 3.47. The molecule has 5 rings (SSSR count). The molecule has 2 atom stereocenters. The number of hydrogen-bond donors (Lipinski definition) is 0. The van der Waals surface area contributed by atoms with Gasteiger partial charge in [-0.1, -0.05) is 40.2 Å². The summed E-state index contributed by atoms with van der Waals surface area (Å²) < 4.78 is 10.5. The predicted octanol–water partition coefficient (Wildman–Crippen LogP) is 2.89. The highest BCUT2D eigenvalue weighted by atomic mass is 35.5. The minimum Gasteiger partial charge on any atom is -0.497 e. The van der Waals surface area contributed by atoms with Gasteiger partial charge in [-0.2, -0.15) is 10.1 Å². The van der Waals surface area contributed by atoms with Gasteiger partial charge in [0, 0.05) is 16.7 Å². The van der Waals surface area contributed by atoms with Crippen LogP contribution in [0.15, 0.2) is 63.4 Å². The number of fused-ring (bicyclic) bond motifs is 1. The van der Waals surface area contributed by atoms with Gasteiger partial charge in [0.2, 0.25) is 11.7 Å². The number of anilines is 1. The third kappa shape index (κ3) is 3.30. The third-order valence-corrected chi connectivity index (χ3v) is 5.25. The zero-order valence-corrected chi connectivity index (χ0v) is 16.9. The van der Waals surface area contributed by atoms with Crippen LogP contribution in [0.5, 0.6) is 5.75 Å². The Kier molecular flexibility index (Phi) is 4.63. The van der Waals surface area contributed by atoms with Gasteiger partial charge in [0.15, 0.2) is 12.1 Å². The summed E-state index contributed by atoms with van der Waals surface area (Å²) >= 11 is 6.01. The van der Waals surface area contributed by atoms with E-state index in [0.29, 0.717) is 27.8 Å². The Balaban J connectivity index is 1.37. The van der Waals surface area contributed by atoms with Gasteiger partial charge in [-0.25, -0.2) is 4.90 Å². The molecular weight excluding hydrogens is 424 g/mol. The lowest BCUT2D eigenvalue weighted by Gasteiger charge is -2.19. The zero-order valence-electron chi connectivity index (χ0n) is 16.2. The topological polar surface area (TPSA) is 113 Å². The van der Waals surface area contributed by atoms with Gasteiger partial charge in [-0.05, 0) is 24.3 Å². The Morgan fingerprint density at radius 1 is 1.13 bits per heavy atom. The molecule has 1 aromatic heterocycles. The fourth-order valence-corrected chi connectivity index (χ4v) is 3.75. The van der Waals surface area contributed by atoms with Gasteiger partial charge in [0.25, 0.3) is 11.8 Å². The second kappa shape index (κ2) is 7.47. The van der Waals surface area contributed by atoms with Crippen molar-refractivity contribution in [2.45, 2.75) is 18.6 Å². The van der Waals surface area contributed by atoms with Crippen LogP contribution < -0.4 is 9.64 Å². The Bertz CT molecular complexity index is 1210. The molecule has 2 aromatic carbocycles. The lowest BCUT2D eigenvalue weighted by atomic mass is 10.1. The number of ether oxygens (including phenoxy) is 1. The highest BCUT2D eigenvalue weighted by molar-refractivity contribution is 6.30. The van der Waals surface area contributed by atoms with E-state index < -0.39 is 23.9 Å². The fourth-order valence-electron chi connectivity index (χ4n) is 3.56. The lowest BCUT2D eigenvalue weighted by molar-refractivity contribution is -0.123. The van der Waals surface area contributed by atoms with Crippen LogP contribution in [0, 0.1) is 0 Å². The van der Waals surface area contributed by atoms with Crippen LogP contribution in [0.4, 0.5) is 5.69 Å². The Hall–Kier alpha value is -3.79. The van der Waals surface area contributed by atoms with Crippen molar-refractivity contribution >= 4 is 29.1 Å². The standard InChI is InChI=1S/C20H15ClN6O4/c1-30-14-7-3-6-13(9-14)27-19(28)16-17(20(27)29)26(25-23-16)10-15-22-18(24-31-15)11-4-2-5-12(21)8-11/h2-9,16-17H,10H2,1H3. The smallest absolute Gasteiger partial charge is 0.263 e. The van der Waals surface area contributed by atoms with Crippen molar-refractivity contribution in [2.24, 2.45) is 10.3 Å². The normalized spacial score (nSPS) is 19.9. The molecule has 0 radical (unpaired) electrons. The molecule has 0 aliphatic carbocycles. The molecule has 0 bridgehead atoms. The maximum Gasteiger partial charge on any atom is 0.263 e. The second-order valence-electron chi connectivity index (χ2n) is 6.93. The molecule has 2 amide bonds. The summed E-state index contributed by atoms with van der Waals surface area (Å²) in [6.45, 7) is 0.0310. The molecule has 31 heavy (non-hydrogen) atoms. The molecule has 1 fully saturated rings. The van der Waals surface area contributed by atoms with Gasteiger partial charge in [0.05, 0.1) is 12.8 Å². The van der Waals surface area contributed by atoms with E-state index in [-0.39, 0.29) is 12.4 Å².